The van der Waals surface area contributed by atoms with E-state index in [1.165, 1.54) is 22.0 Å². The van der Waals surface area contributed by atoms with Gasteiger partial charge in [0.2, 0.25) is 0 Å². The lowest BCUT2D eigenvalue weighted by Gasteiger charge is -2.26. The molecule has 0 bridgehead atoms. The first-order chi connectivity index (χ1) is 21.7. The first-order valence-electron chi connectivity index (χ1n) is 13.7. The molecule has 2 aromatic carbocycles. The standard InChI is InChI=1S/C32H25BrN4O6S2/c1-4-42-29(40)25-26(18-9-6-5-7-10-18)36-32-37(27(25)19-11-8-12-20(14-19)41-3)28(39)23(44-32)16-21-15-22(33)30(43-21)45-31-34-17(2)13-24(38)35-31/h5-16,27H,4H2,1-3H3,(H,34,35,38)/b23-16+/t27-/m1/s1. The fraction of sp³-hybridized carbons (Fsp3) is 0.156. The highest BCUT2D eigenvalue weighted by atomic mass is 79.9. The number of rotatable bonds is 8. The van der Waals surface area contributed by atoms with Gasteiger partial charge in [-0.3, -0.25) is 14.2 Å². The topological polar surface area (TPSA) is 129 Å². The third-order valence-electron chi connectivity index (χ3n) is 6.77. The number of nitrogens with zero attached hydrogens (tertiary/aromatic N) is 3. The summed E-state index contributed by atoms with van der Waals surface area (Å²) in [7, 11) is 1.56. The van der Waals surface area contributed by atoms with Crippen molar-refractivity contribution in [1.29, 1.82) is 0 Å². The first-order valence-corrected chi connectivity index (χ1v) is 16.2. The van der Waals surface area contributed by atoms with Crippen molar-refractivity contribution < 1.29 is 18.7 Å². The fourth-order valence-electron chi connectivity index (χ4n) is 4.89. The molecule has 45 heavy (non-hydrogen) atoms. The molecule has 0 amide bonds. The minimum atomic E-state index is -0.841. The third-order valence-corrected chi connectivity index (χ3v) is 9.48. The number of thiazole rings is 1. The average molecular weight is 706 g/mol. The Morgan fingerprint density at radius 3 is 2.69 bits per heavy atom. The van der Waals surface area contributed by atoms with Crippen molar-refractivity contribution in [3.05, 3.63) is 129 Å². The number of benzene rings is 2. The second-order valence-corrected chi connectivity index (χ2v) is 12.6. The summed E-state index contributed by atoms with van der Waals surface area (Å²) >= 11 is 5.83. The van der Waals surface area contributed by atoms with Crippen molar-refractivity contribution in [3.63, 3.8) is 0 Å². The molecule has 5 aromatic rings. The van der Waals surface area contributed by atoms with Crippen LogP contribution in [0, 0.1) is 6.92 Å². The lowest BCUT2D eigenvalue weighted by atomic mass is 9.93. The molecule has 228 valence electrons. The maximum atomic E-state index is 14.2. The van der Waals surface area contributed by atoms with Gasteiger partial charge in [0.1, 0.15) is 11.5 Å². The molecular formula is C32H25BrN4O6S2. The zero-order chi connectivity index (χ0) is 31.7. The van der Waals surface area contributed by atoms with Gasteiger partial charge in [-0.25, -0.2) is 14.8 Å². The van der Waals surface area contributed by atoms with Crippen LogP contribution in [0.2, 0.25) is 0 Å². The number of ether oxygens (including phenoxy) is 2. The number of hydrogen-bond acceptors (Lipinski definition) is 10. The molecule has 1 atom stereocenters. The van der Waals surface area contributed by atoms with Gasteiger partial charge in [-0.1, -0.05) is 53.8 Å². The SMILES string of the molecule is CCOC(=O)C1=C(c2ccccc2)N=c2s/c(=C/c3cc(Br)c(Sc4nc(C)cc(=O)[nH]4)o3)c(=O)n2[C@@H]1c1cccc(OC)c1. The van der Waals surface area contributed by atoms with E-state index < -0.39 is 12.0 Å². The molecule has 0 saturated heterocycles. The van der Waals surface area contributed by atoms with Crippen LogP contribution in [0.1, 0.15) is 35.5 Å². The van der Waals surface area contributed by atoms with Gasteiger partial charge in [-0.05, 0) is 65.3 Å². The molecule has 13 heteroatoms. The molecule has 1 aliphatic rings. The smallest absolute Gasteiger partial charge is 0.338 e. The molecule has 1 N–H and O–H groups in total. The quantitative estimate of drug-likeness (QED) is 0.180. The van der Waals surface area contributed by atoms with Crippen LogP contribution in [0.3, 0.4) is 0 Å². The van der Waals surface area contributed by atoms with E-state index in [0.29, 0.717) is 58.1 Å². The van der Waals surface area contributed by atoms with Crippen molar-refractivity contribution in [2.24, 2.45) is 4.99 Å². The Bertz CT molecular complexity index is 2200. The van der Waals surface area contributed by atoms with E-state index >= 15 is 0 Å². The number of nitrogens with one attached hydrogen (secondary N) is 1. The Kier molecular flexibility index (Phi) is 8.74. The van der Waals surface area contributed by atoms with Crippen molar-refractivity contribution in [3.8, 4) is 5.75 Å². The van der Waals surface area contributed by atoms with Crippen LogP contribution in [-0.4, -0.2) is 34.2 Å². The molecule has 0 fully saturated rings. The molecule has 0 aliphatic carbocycles. The van der Waals surface area contributed by atoms with Gasteiger partial charge < -0.3 is 18.9 Å². The zero-order valence-corrected chi connectivity index (χ0v) is 27.4. The van der Waals surface area contributed by atoms with E-state index in [1.54, 1.807) is 45.2 Å². The summed E-state index contributed by atoms with van der Waals surface area (Å²) in [4.78, 5) is 52.0. The first kappa shape index (κ1) is 30.6. The Labute approximate surface area is 272 Å². The molecule has 4 heterocycles. The van der Waals surface area contributed by atoms with Crippen LogP contribution in [0.25, 0.3) is 11.8 Å². The fourth-order valence-corrected chi connectivity index (χ4v) is 7.24. The third kappa shape index (κ3) is 6.23. The second-order valence-electron chi connectivity index (χ2n) is 9.79. The van der Waals surface area contributed by atoms with E-state index in [2.05, 4.69) is 25.9 Å². The van der Waals surface area contributed by atoms with Crippen molar-refractivity contribution in [1.82, 2.24) is 14.5 Å². The van der Waals surface area contributed by atoms with Crippen LogP contribution in [0.5, 0.6) is 5.75 Å². The number of methoxy groups -OCH3 is 1. The Balaban J connectivity index is 1.53. The monoisotopic (exact) mass is 704 g/mol. The zero-order valence-electron chi connectivity index (χ0n) is 24.2. The number of aromatic nitrogens is 3. The lowest BCUT2D eigenvalue weighted by molar-refractivity contribution is -0.138. The minimum absolute atomic E-state index is 0.152. The van der Waals surface area contributed by atoms with Gasteiger partial charge in [-0.2, -0.15) is 0 Å². The van der Waals surface area contributed by atoms with Gasteiger partial charge in [0.15, 0.2) is 15.1 Å². The number of fused-ring (bicyclic) bond motifs is 1. The van der Waals surface area contributed by atoms with E-state index in [9.17, 15) is 14.4 Å². The predicted octanol–water partition coefficient (Wildman–Crippen LogP) is 4.84. The molecular weight excluding hydrogens is 680 g/mol. The second kappa shape index (κ2) is 12.9. The highest BCUT2D eigenvalue weighted by Gasteiger charge is 2.35. The largest absolute Gasteiger partial charge is 0.497 e. The Hall–Kier alpha value is -4.46. The summed E-state index contributed by atoms with van der Waals surface area (Å²) in [6, 6.07) is 18.9. The Morgan fingerprint density at radius 2 is 1.96 bits per heavy atom. The van der Waals surface area contributed by atoms with Crippen molar-refractivity contribution >= 4 is 56.8 Å². The van der Waals surface area contributed by atoms with E-state index in [0.717, 1.165) is 11.8 Å². The van der Waals surface area contributed by atoms with Crippen LogP contribution in [0.15, 0.2) is 106 Å². The normalized spacial score (nSPS) is 14.7. The number of esters is 1. The van der Waals surface area contributed by atoms with Crippen LogP contribution < -0.4 is 25.2 Å². The molecule has 0 spiro atoms. The van der Waals surface area contributed by atoms with Crippen molar-refractivity contribution in [2.75, 3.05) is 13.7 Å². The van der Waals surface area contributed by atoms with Gasteiger partial charge in [0.25, 0.3) is 11.1 Å². The predicted molar refractivity (Wildman–Crippen MR) is 174 cm³/mol. The average Bonchev–Trinajstić information content (AvgIpc) is 3.53. The van der Waals surface area contributed by atoms with Crippen molar-refractivity contribution in [2.45, 2.75) is 30.1 Å². The maximum absolute atomic E-state index is 14.2. The van der Waals surface area contributed by atoms with Crippen LogP contribution in [0.4, 0.5) is 0 Å². The van der Waals surface area contributed by atoms with Crippen LogP contribution in [-0.2, 0) is 9.53 Å². The summed E-state index contributed by atoms with van der Waals surface area (Å²) in [5.74, 6) is 0.406. The minimum Gasteiger partial charge on any atom is -0.497 e. The van der Waals surface area contributed by atoms with Gasteiger partial charge in [-0.15, -0.1) is 0 Å². The molecule has 0 unspecified atom stereocenters. The highest BCUT2D eigenvalue weighted by Crippen LogP contribution is 2.37. The van der Waals surface area contributed by atoms with Gasteiger partial charge >= 0.3 is 5.97 Å². The molecule has 0 radical (unpaired) electrons. The Morgan fingerprint density at radius 1 is 1.16 bits per heavy atom. The number of aryl methyl sites for hydroxylation is 1. The van der Waals surface area contributed by atoms with Gasteiger partial charge in [0, 0.05) is 23.4 Å². The summed E-state index contributed by atoms with van der Waals surface area (Å²) in [6.45, 7) is 3.62. The molecule has 3 aromatic heterocycles. The summed E-state index contributed by atoms with van der Waals surface area (Å²) < 4.78 is 19.5. The summed E-state index contributed by atoms with van der Waals surface area (Å²) in [6.07, 6.45) is 1.63. The number of carbonyl (C=O) groups excluding carboxylic acids is 1. The van der Waals surface area contributed by atoms with E-state index in [4.69, 9.17) is 18.9 Å². The lowest BCUT2D eigenvalue weighted by Crippen LogP contribution is -2.40. The number of hydrogen-bond donors (Lipinski definition) is 1. The summed E-state index contributed by atoms with van der Waals surface area (Å²) in [5, 5.41) is 0.826. The molecule has 1 aliphatic heterocycles. The number of halogens is 1. The number of aromatic amines is 1. The number of furan rings is 1. The van der Waals surface area contributed by atoms with E-state index in [1.807, 2.05) is 42.5 Å². The van der Waals surface area contributed by atoms with Gasteiger partial charge in [0.05, 0.1) is 40.0 Å². The van der Waals surface area contributed by atoms with E-state index in [-0.39, 0.29) is 23.3 Å². The molecule has 6 rings (SSSR count). The van der Waals surface area contributed by atoms with Crippen LogP contribution >= 0.6 is 39.0 Å². The summed E-state index contributed by atoms with van der Waals surface area (Å²) in [5.41, 5.74) is 2.00. The maximum Gasteiger partial charge on any atom is 0.338 e. The molecule has 10 nitrogen and oxygen atoms in total. The molecule has 0 saturated carbocycles. The highest BCUT2D eigenvalue weighted by molar-refractivity contribution is 9.10. The number of H-pyrrole nitrogens is 1. The number of carbonyl (C=O) groups is 1.